The van der Waals surface area contributed by atoms with E-state index in [0.29, 0.717) is 0 Å². The van der Waals surface area contributed by atoms with E-state index in [1.807, 2.05) is 0 Å². The van der Waals surface area contributed by atoms with Gasteiger partial charge < -0.3 is 4.74 Å². The highest BCUT2D eigenvalue weighted by molar-refractivity contribution is 9.10. The summed E-state index contributed by atoms with van der Waals surface area (Å²) in [6, 6.07) is 6.59. The molecule has 0 saturated carbocycles. The quantitative estimate of drug-likeness (QED) is 0.819. The second-order valence-electron chi connectivity index (χ2n) is 4.03. The van der Waals surface area contributed by atoms with Crippen molar-refractivity contribution in [1.29, 1.82) is 0 Å². The Morgan fingerprint density at radius 3 is 2.67 bits per heavy atom. The van der Waals surface area contributed by atoms with Crippen LogP contribution in [-0.2, 0) is 11.3 Å². The van der Waals surface area contributed by atoms with E-state index in [0.717, 1.165) is 32.8 Å². The van der Waals surface area contributed by atoms with Crippen molar-refractivity contribution in [1.82, 2.24) is 4.90 Å². The van der Waals surface area contributed by atoms with Crippen molar-refractivity contribution in [3.05, 3.63) is 33.8 Å². The van der Waals surface area contributed by atoms with Crippen LogP contribution in [0.2, 0.25) is 0 Å². The molecule has 1 fully saturated rings. The van der Waals surface area contributed by atoms with E-state index in [2.05, 4.69) is 46.0 Å². The lowest BCUT2D eigenvalue weighted by Gasteiger charge is -2.26. The number of ether oxygens (including phenoxy) is 1. The van der Waals surface area contributed by atoms with Gasteiger partial charge in [-0.05, 0) is 30.2 Å². The maximum Gasteiger partial charge on any atom is 0.0594 e. The summed E-state index contributed by atoms with van der Waals surface area (Å²) in [4.78, 5) is 2.44. The van der Waals surface area contributed by atoms with Crippen molar-refractivity contribution in [2.45, 2.75) is 13.5 Å². The summed E-state index contributed by atoms with van der Waals surface area (Å²) in [6.07, 6.45) is 0. The normalized spacial score (nSPS) is 18.0. The smallest absolute Gasteiger partial charge is 0.0594 e. The Labute approximate surface area is 99.4 Å². The van der Waals surface area contributed by atoms with E-state index >= 15 is 0 Å². The van der Waals surface area contributed by atoms with Gasteiger partial charge in [0.2, 0.25) is 0 Å². The van der Waals surface area contributed by atoms with Gasteiger partial charge in [-0.2, -0.15) is 0 Å². The Kier molecular flexibility index (Phi) is 3.78. The third kappa shape index (κ3) is 3.30. The summed E-state index contributed by atoms with van der Waals surface area (Å²) in [5.41, 5.74) is 2.69. The van der Waals surface area contributed by atoms with Gasteiger partial charge in [-0.25, -0.2) is 0 Å². The second kappa shape index (κ2) is 5.10. The lowest BCUT2D eigenvalue weighted by Crippen LogP contribution is -2.35. The molecule has 15 heavy (non-hydrogen) atoms. The highest BCUT2D eigenvalue weighted by Gasteiger charge is 2.10. The molecule has 1 saturated heterocycles. The molecule has 82 valence electrons. The van der Waals surface area contributed by atoms with Crippen LogP contribution in [0.15, 0.2) is 22.7 Å². The first-order valence-corrected chi connectivity index (χ1v) is 6.09. The number of rotatable bonds is 2. The molecule has 0 spiro atoms. The molecule has 0 bridgehead atoms. The summed E-state index contributed by atoms with van der Waals surface area (Å²) in [6.45, 7) is 6.99. The predicted octanol–water partition coefficient (Wildman–Crippen LogP) is 2.59. The van der Waals surface area contributed by atoms with Crippen LogP contribution >= 0.6 is 15.9 Å². The molecule has 3 heteroatoms. The first-order chi connectivity index (χ1) is 7.24. The third-order valence-electron chi connectivity index (χ3n) is 2.61. The number of aryl methyl sites for hydroxylation is 1. The Morgan fingerprint density at radius 1 is 1.27 bits per heavy atom. The molecule has 0 aliphatic carbocycles. The Bertz CT molecular complexity index is 314. The van der Waals surface area contributed by atoms with Crippen LogP contribution in [0.4, 0.5) is 0 Å². The van der Waals surface area contributed by atoms with Crippen molar-refractivity contribution in [3.63, 3.8) is 0 Å². The molecule has 2 nitrogen and oxygen atoms in total. The number of benzene rings is 1. The van der Waals surface area contributed by atoms with Crippen molar-refractivity contribution < 1.29 is 4.74 Å². The fraction of sp³-hybridized carbons (Fsp3) is 0.500. The number of hydrogen-bond acceptors (Lipinski definition) is 2. The van der Waals surface area contributed by atoms with Crippen LogP contribution < -0.4 is 0 Å². The van der Waals surface area contributed by atoms with E-state index < -0.39 is 0 Å². The molecule has 1 aliphatic rings. The number of nitrogens with zero attached hydrogens (tertiary/aromatic N) is 1. The number of halogens is 1. The van der Waals surface area contributed by atoms with E-state index in [4.69, 9.17) is 4.74 Å². The van der Waals surface area contributed by atoms with Crippen molar-refractivity contribution in [2.75, 3.05) is 26.3 Å². The van der Waals surface area contributed by atoms with Gasteiger partial charge in [0.15, 0.2) is 0 Å². The fourth-order valence-electron chi connectivity index (χ4n) is 1.92. The van der Waals surface area contributed by atoms with Gasteiger partial charge in [0.25, 0.3) is 0 Å². The lowest BCUT2D eigenvalue weighted by molar-refractivity contribution is 0.0342. The lowest BCUT2D eigenvalue weighted by atomic mass is 10.1. The topological polar surface area (TPSA) is 12.5 Å². The van der Waals surface area contributed by atoms with Crippen molar-refractivity contribution in [3.8, 4) is 0 Å². The molecule has 1 aromatic carbocycles. The maximum atomic E-state index is 5.33. The van der Waals surface area contributed by atoms with Crippen LogP contribution in [0.25, 0.3) is 0 Å². The molecule has 0 N–H and O–H groups in total. The van der Waals surface area contributed by atoms with E-state index in [9.17, 15) is 0 Å². The summed E-state index contributed by atoms with van der Waals surface area (Å²) in [5.74, 6) is 0. The van der Waals surface area contributed by atoms with Gasteiger partial charge >= 0.3 is 0 Å². The molecule has 0 unspecified atom stereocenters. The molecule has 0 aromatic heterocycles. The van der Waals surface area contributed by atoms with Crippen LogP contribution in [0.5, 0.6) is 0 Å². The van der Waals surface area contributed by atoms with E-state index in [-0.39, 0.29) is 0 Å². The zero-order valence-electron chi connectivity index (χ0n) is 9.00. The molecule has 1 aromatic rings. The minimum absolute atomic E-state index is 0.868. The minimum atomic E-state index is 0.868. The van der Waals surface area contributed by atoms with Gasteiger partial charge in [0.05, 0.1) is 13.2 Å². The zero-order chi connectivity index (χ0) is 10.7. The van der Waals surface area contributed by atoms with Crippen molar-refractivity contribution >= 4 is 15.9 Å². The van der Waals surface area contributed by atoms with Crippen LogP contribution in [-0.4, -0.2) is 31.2 Å². The summed E-state index contributed by atoms with van der Waals surface area (Å²) >= 11 is 3.53. The molecular weight excluding hydrogens is 254 g/mol. The Hall–Kier alpha value is -0.380. The Balaban J connectivity index is 2.02. The zero-order valence-corrected chi connectivity index (χ0v) is 10.6. The fourth-order valence-corrected chi connectivity index (χ4v) is 2.58. The molecule has 0 amide bonds. The molecule has 1 heterocycles. The van der Waals surface area contributed by atoms with Crippen LogP contribution in [0, 0.1) is 6.92 Å². The predicted molar refractivity (Wildman–Crippen MR) is 65.0 cm³/mol. The molecule has 2 rings (SSSR count). The summed E-state index contributed by atoms with van der Waals surface area (Å²) in [5, 5.41) is 0. The second-order valence-corrected chi connectivity index (χ2v) is 4.94. The van der Waals surface area contributed by atoms with Crippen molar-refractivity contribution in [2.24, 2.45) is 0 Å². The van der Waals surface area contributed by atoms with Gasteiger partial charge in [-0.3, -0.25) is 4.90 Å². The molecular formula is C12H16BrNO. The number of hydrogen-bond donors (Lipinski definition) is 0. The number of morpholine rings is 1. The van der Waals surface area contributed by atoms with Gasteiger partial charge in [0, 0.05) is 24.1 Å². The summed E-state index contributed by atoms with van der Waals surface area (Å²) < 4.78 is 6.51. The highest BCUT2D eigenvalue weighted by atomic mass is 79.9. The van der Waals surface area contributed by atoms with E-state index in [1.54, 1.807) is 0 Å². The first-order valence-electron chi connectivity index (χ1n) is 5.30. The largest absolute Gasteiger partial charge is 0.379 e. The third-order valence-corrected chi connectivity index (χ3v) is 3.07. The molecule has 0 radical (unpaired) electrons. The molecule has 1 aliphatic heterocycles. The van der Waals surface area contributed by atoms with Crippen LogP contribution in [0.3, 0.4) is 0 Å². The summed E-state index contributed by atoms with van der Waals surface area (Å²) in [7, 11) is 0. The minimum Gasteiger partial charge on any atom is -0.379 e. The average Bonchev–Trinajstić information content (AvgIpc) is 2.17. The standard InChI is InChI=1S/C12H16BrNO/c1-10-6-11(8-12(13)7-10)9-14-2-4-15-5-3-14/h6-8H,2-5,9H2,1H3. The maximum absolute atomic E-state index is 5.33. The van der Waals surface area contributed by atoms with Crippen LogP contribution in [0.1, 0.15) is 11.1 Å². The average molecular weight is 270 g/mol. The Morgan fingerprint density at radius 2 is 2.00 bits per heavy atom. The monoisotopic (exact) mass is 269 g/mol. The van der Waals surface area contributed by atoms with Gasteiger partial charge in [-0.15, -0.1) is 0 Å². The van der Waals surface area contributed by atoms with Gasteiger partial charge in [0.1, 0.15) is 0 Å². The van der Waals surface area contributed by atoms with E-state index in [1.165, 1.54) is 15.6 Å². The SMILES string of the molecule is Cc1cc(Br)cc(CN2CCOCC2)c1. The first kappa shape index (κ1) is 11.1. The van der Waals surface area contributed by atoms with Gasteiger partial charge in [-0.1, -0.05) is 22.0 Å². The molecule has 0 atom stereocenters. The highest BCUT2D eigenvalue weighted by Crippen LogP contribution is 2.17.